The summed E-state index contributed by atoms with van der Waals surface area (Å²) in [6.45, 7) is 6.16. The number of carbonyl (C=O) groups is 6. The van der Waals surface area contributed by atoms with Crippen LogP contribution in [0, 0.1) is 11.3 Å². The van der Waals surface area contributed by atoms with Crippen LogP contribution in [0.25, 0.3) is 10.9 Å². The standard InChI is InChI=1S/C27H33F2N9O4.C10H21N3O4.CH3NO/c1-2-17(31)15-37(32)11-10-33-22(39)6-7-23(40)36-21-5-3-4-19-20(8-9-34-25(19)21)26(42)35-14-24(41)38-16-27(28,29)12-18(38)13-30;1-4-11-5-6-12(2)7-9(14)16-10-13(3)8-15-17-10;2-1-3/h3-5,8-9,15,18H,2,6-7,10-12,14,16,31-32H2,1H3,(H,33,39)(H,35,42)(H,36,40);10-11H,4-8H2,1-3H3;1H,(H2,2,3)/b17-15-;;/t;10-;/m.0./s1. The largest absolute Gasteiger partial charge is 0.418 e. The van der Waals surface area contributed by atoms with Crippen LogP contribution < -0.4 is 38.6 Å². The number of benzene rings is 1. The first-order valence-electron chi connectivity index (χ1n) is 19.5. The predicted molar refractivity (Wildman–Crippen MR) is 220 cm³/mol. The Labute approximate surface area is 357 Å². The number of nitrogens with one attached hydrogen (secondary N) is 4. The number of carbonyl (C=O) groups excluding carboxylic acids is 6. The molecule has 0 aliphatic carbocycles. The van der Waals surface area contributed by atoms with E-state index in [-0.39, 0.29) is 49.8 Å². The van der Waals surface area contributed by atoms with Gasteiger partial charge in [-0.15, -0.1) is 0 Å². The molecule has 62 heavy (non-hydrogen) atoms. The molecule has 0 spiro atoms. The number of amides is 5. The van der Waals surface area contributed by atoms with Crippen molar-refractivity contribution in [1.29, 1.82) is 5.26 Å². The van der Waals surface area contributed by atoms with Crippen molar-refractivity contribution in [2.75, 3.05) is 78.5 Å². The molecule has 2 aliphatic heterocycles. The van der Waals surface area contributed by atoms with Crippen molar-refractivity contribution in [3.05, 3.63) is 47.9 Å². The Morgan fingerprint density at radius 1 is 1.11 bits per heavy atom. The molecule has 0 radical (unpaired) electrons. The highest BCUT2D eigenvalue weighted by Gasteiger charge is 2.47. The fourth-order valence-electron chi connectivity index (χ4n) is 5.55. The van der Waals surface area contributed by atoms with Gasteiger partial charge in [0.05, 0.1) is 49.0 Å². The maximum atomic E-state index is 13.7. The van der Waals surface area contributed by atoms with Gasteiger partial charge in [0.2, 0.25) is 24.1 Å². The van der Waals surface area contributed by atoms with E-state index in [4.69, 9.17) is 31.3 Å². The first-order valence-corrected chi connectivity index (χ1v) is 19.5. The highest BCUT2D eigenvalue weighted by atomic mass is 19.3. The molecule has 342 valence electrons. The summed E-state index contributed by atoms with van der Waals surface area (Å²) in [5, 5.41) is 21.8. The molecule has 24 heteroatoms. The van der Waals surface area contributed by atoms with Gasteiger partial charge in [0, 0.05) is 62.4 Å². The molecule has 0 bridgehead atoms. The predicted octanol–water partition coefficient (Wildman–Crippen LogP) is -0.748. The highest BCUT2D eigenvalue weighted by Crippen LogP contribution is 2.31. The minimum absolute atomic E-state index is 0.0706. The van der Waals surface area contributed by atoms with Gasteiger partial charge in [-0.1, -0.05) is 26.0 Å². The van der Waals surface area contributed by atoms with Gasteiger partial charge in [-0.05, 0) is 39.2 Å². The van der Waals surface area contributed by atoms with E-state index in [1.54, 1.807) is 42.4 Å². The van der Waals surface area contributed by atoms with Gasteiger partial charge in [-0.25, -0.2) is 24.4 Å². The van der Waals surface area contributed by atoms with Gasteiger partial charge >= 0.3 is 5.97 Å². The van der Waals surface area contributed by atoms with Crippen LogP contribution in [0.3, 0.4) is 0 Å². The van der Waals surface area contributed by atoms with E-state index >= 15 is 0 Å². The number of nitriles is 1. The Bertz CT molecular complexity index is 1890. The molecule has 1 aromatic carbocycles. The molecule has 2 aromatic rings. The van der Waals surface area contributed by atoms with Crippen molar-refractivity contribution in [3.63, 3.8) is 0 Å². The molecule has 5 amide bonds. The average Bonchev–Trinajstić information content (AvgIpc) is 3.79. The van der Waals surface area contributed by atoms with Crippen LogP contribution in [0.4, 0.5) is 14.5 Å². The summed E-state index contributed by atoms with van der Waals surface area (Å²) in [4.78, 5) is 88.1. The molecule has 2 saturated heterocycles. The van der Waals surface area contributed by atoms with Gasteiger partial charge in [0.15, 0.2) is 0 Å². The Morgan fingerprint density at radius 2 is 1.82 bits per heavy atom. The van der Waals surface area contributed by atoms with E-state index in [9.17, 15) is 32.8 Å². The summed E-state index contributed by atoms with van der Waals surface area (Å²) in [5.41, 5.74) is 11.2. The van der Waals surface area contributed by atoms with Crippen LogP contribution in [0.5, 0.6) is 0 Å². The number of rotatable bonds is 19. The van der Waals surface area contributed by atoms with Crippen molar-refractivity contribution in [1.82, 2.24) is 40.6 Å². The minimum Gasteiger partial charge on any atom is -0.418 e. The maximum Gasteiger partial charge on any atom is 0.323 e. The molecular weight excluding hydrogens is 820 g/mol. The van der Waals surface area contributed by atoms with E-state index in [0.29, 0.717) is 42.0 Å². The molecule has 10 N–H and O–H groups in total. The number of nitrogens with two attached hydrogens (primary N) is 3. The van der Waals surface area contributed by atoms with Crippen molar-refractivity contribution < 1.29 is 52.1 Å². The smallest absolute Gasteiger partial charge is 0.323 e. The molecular formula is C38H57F2N13O9. The summed E-state index contributed by atoms with van der Waals surface area (Å²) in [6, 6.07) is 6.60. The lowest BCUT2D eigenvalue weighted by atomic mass is 10.1. The van der Waals surface area contributed by atoms with Gasteiger partial charge in [0.1, 0.15) is 12.8 Å². The summed E-state index contributed by atoms with van der Waals surface area (Å²) in [6.07, 6.45) is 2.15. The van der Waals surface area contributed by atoms with Crippen molar-refractivity contribution >= 4 is 52.6 Å². The summed E-state index contributed by atoms with van der Waals surface area (Å²) in [7, 11) is 3.62. The molecule has 0 saturated carbocycles. The summed E-state index contributed by atoms with van der Waals surface area (Å²) >= 11 is 0. The number of aromatic nitrogens is 1. The van der Waals surface area contributed by atoms with Gasteiger partial charge in [-0.2, -0.15) is 10.1 Å². The number of ether oxygens (including phenoxy) is 1. The number of fused-ring (bicyclic) bond motifs is 1. The van der Waals surface area contributed by atoms with Crippen molar-refractivity contribution in [2.45, 2.75) is 57.9 Å². The molecule has 3 heterocycles. The average molecular weight is 878 g/mol. The fraction of sp³-hybridized carbons (Fsp3) is 0.526. The Hall–Kier alpha value is -6.10. The second kappa shape index (κ2) is 27.0. The number of para-hydroxylation sites is 1. The fourth-order valence-corrected chi connectivity index (χ4v) is 5.55. The first kappa shape index (κ1) is 52.0. The number of likely N-dealkylation sites (N-methyl/N-ethyl adjacent to an activating group) is 2. The number of pyridine rings is 1. The van der Waals surface area contributed by atoms with E-state index in [0.717, 1.165) is 24.5 Å². The topological polar surface area (TPSA) is 306 Å². The Kier molecular flexibility index (Phi) is 22.6. The molecule has 2 atom stereocenters. The molecule has 2 aliphatic rings. The lowest BCUT2D eigenvalue weighted by molar-refractivity contribution is -0.325. The number of likely N-dealkylation sites (tertiary alicyclic amines) is 1. The quantitative estimate of drug-likeness (QED) is 0.0228. The highest BCUT2D eigenvalue weighted by molar-refractivity contribution is 6.10. The van der Waals surface area contributed by atoms with Crippen molar-refractivity contribution in [2.24, 2.45) is 17.3 Å². The van der Waals surface area contributed by atoms with E-state index in [2.05, 4.69) is 36.9 Å². The third kappa shape index (κ3) is 18.3. The first-order chi connectivity index (χ1) is 29.5. The van der Waals surface area contributed by atoms with Crippen LogP contribution in [-0.2, 0) is 38.5 Å². The van der Waals surface area contributed by atoms with Crippen molar-refractivity contribution in [3.8, 4) is 6.07 Å². The number of allylic oxidation sites excluding steroid dienone is 1. The lowest BCUT2D eigenvalue weighted by Gasteiger charge is -2.19. The number of nitrogens with zero attached hydrogens (tertiary/aromatic N) is 6. The van der Waals surface area contributed by atoms with Gasteiger partial charge < -0.3 is 47.4 Å². The Morgan fingerprint density at radius 3 is 2.47 bits per heavy atom. The molecule has 2 fully saturated rings. The summed E-state index contributed by atoms with van der Waals surface area (Å²) in [5.74, 6) is 0.0166. The number of alkyl halides is 2. The number of primary amides is 1. The van der Waals surface area contributed by atoms with Gasteiger partial charge in [0.25, 0.3) is 18.2 Å². The summed E-state index contributed by atoms with van der Waals surface area (Å²) < 4.78 is 32.4. The zero-order chi connectivity index (χ0) is 46.2. The molecule has 1 unspecified atom stereocenters. The van der Waals surface area contributed by atoms with Crippen LogP contribution in [-0.4, -0.2) is 152 Å². The molecule has 22 nitrogen and oxygen atoms in total. The monoisotopic (exact) mass is 877 g/mol. The van der Waals surface area contributed by atoms with E-state index in [1.165, 1.54) is 17.3 Å². The molecule has 1 aromatic heterocycles. The third-order valence-corrected chi connectivity index (χ3v) is 8.76. The minimum atomic E-state index is -3.17. The second-order valence-electron chi connectivity index (χ2n) is 13.8. The third-order valence-electron chi connectivity index (χ3n) is 8.76. The van der Waals surface area contributed by atoms with Crippen LogP contribution in [0.1, 0.15) is 49.9 Å². The maximum absolute atomic E-state index is 13.7. The number of esters is 1. The van der Waals surface area contributed by atoms with E-state index < -0.39 is 55.6 Å². The number of hydrogen-bond donors (Lipinski definition) is 7. The second-order valence-corrected chi connectivity index (χ2v) is 13.8. The van der Waals surface area contributed by atoms with Crippen LogP contribution in [0.15, 0.2) is 42.4 Å². The van der Waals surface area contributed by atoms with E-state index in [1.807, 2.05) is 25.8 Å². The number of hydrogen-bond acceptors (Lipinski definition) is 17. The lowest BCUT2D eigenvalue weighted by Crippen LogP contribution is -2.43. The molecule has 4 rings (SSSR count). The zero-order valence-electron chi connectivity index (χ0n) is 35.2. The number of halogens is 2. The number of hydrazine groups is 1. The normalized spacial score (nSPS) is 16.8. The number of anilines is 1. The van der Waals surface area contributed by atoms with Crippen LogP contribution in [0.2, 0.25) is 0 Å². The zero-order valence-corrected chi connectivity index (χ0v) is 35.2. The van der Waals surface area contributed by atoms with Crippen LogP contribution >= 0.6 is 0 Å². The van der Waals surface area contributed by atoms with Gasteiger partial charge in [-0.3, -0.25) is 38.7 Å². The SMILES string of the molecule is CC/C(N)=C/N(N)CCNC(=O)CCC(=O)Nc1cccc2c(C(=O)NCC(=O)N3CC(F)(F)CC3C#N)ccnc12.CCNCCN(C)CC(=O)O[C@H]1OOCN1C.NC=O. The Balaban J connectivity index is 0.000000548.